The van der Waals surface area contributed by atoms with Crippen molar-refractivity contribution in [1.29, 1.82) is 0 Å². The maximum Gasteiger partial charge on any atom is 0.289 e. The average Bonchev–Trinajstić information content (AvgIpc) is 2.34. The average molecular weight is 325 g/mol. The van der Waals surface area contributed by atoms with Gasteiger partial charge in [0, 0.05) is 12.6 Å². The molecule has 9 heteroatoms. The molecule has 0 aliphatic rings. The third-order valence-electron chi connectivity index (χ3n) is 2.24. The van der Waals surface area contributed by atoms with E-state index in [1.54, 1.807) is 11.8 Å². The largest absolute Gasteiger partial charge is 0.289 e. The molecule has 0 bridgehead atoms. The molecule has 0 amide bonds. The minimum atomic E-state index is -3.74. The van der Waals surface area contributed by atoms with E-state index in [9.17, 15) is 18.5 Å². The van der Waals surface area contributed by atoms with Gasteiger partial charge >= 0.3 is 0 Å². The zero-order chi connectivity index (χ0) is 14.5. The molecule has 1 aromatic rings. The van der Waals surface area contributed by atoms with Gasteiger partial charge in [-0.25, -0.2) is 13.1 Å². The van der Waals surface area contributed by atoms with Crippen molar-refractivity contribution in [2.45, 2.75) is 11.3 Å². The Labute approximate surface area is 120 Å². The van der Waals surface area contributed by atoms with Gasteiger partial charge in [-0.3, -0.25) is 10.1 Å². The quantitative estimate of drug-likeness (QED) is 0.472. The third-order valence-corrected chi connectivity index (χ3v) is 4.72. The van der Waals surface area contributed by atoms with E-state index in [0.717, 1.165) is 11.8 Å². The first kappa shape index (κ1) is 16.2. The Morgan fingerprint density at radius 2 is 2.16 bits per heavy atom. The van der Waals surface area contributed by atoms with Crippen LogP contribution in [-0.2, 0) is 10.0 Å². The van der Waals surface area contributed by atoms with Crippen molar-refractivity contribution in [3.05, 3.63) is 33.3 Å². The van der Waals surface area contributed by atoms with E-state index < -0.39 is 20.6 Å². The Bertz CT molecular complexity index is 563. The first-order chi connectivity index (χ1) is 8.88. The van der Waals surface area contributed by atoms with Crippen LogP contribution >= 0.6 is 23.4 Å². The lowest BCUT2D eigenvalue weighted by Crippen LogP contribution is -2.25. The standard InChI is InChI=1S/C10H13ClN2O4S2/c1-18-6-2-5-12-19(16,17)8-3-4-9(11)10(7-8)13(14)15/h3-4,7,12H,2,5-6H2,1H3. The number of halogens is 1. The molecule has 19 heavy (non-hydrogen) atoms. The normalized spacial score (nSPS) is 11.5. The Hall–Kier alpha value is -0.830. The van der Waals surface area contributed by atoms with Crippen molar-refractivity contribution < 1.29 is 13.3 Å². The molecule has 0 spiro atoms. The summed E-state index contributed by atoms with van der Waals surface area (Å²) in [5.41, 5.74) is -0.423. The third kappa shape index (κ3) is 4.64. The molecule has 0 aliphatic heterocycles. The molecule has 1 aromatic carbocycles. The van der Waals surface area contributed by atoms with Crippen LogP contribution in [0.2, 0.25) is 5.02 Å². The lowest BCUT2D eigenvalue weighted by atomic mass is 10.3. The van der Waals surface area contributed by atoms with Crippen LogP contribution in [-0.4, -0.2) is 31.9 Å². The number of thioether (sulfide) groups is 1. The molecule has 0 atom stereocenters. The van der Waals surface area contributed by atoms with Crippen molar-refractivity contribution in [1.82, 2.24) is 4.72 Å². The number of nitro groups is 1. The molecule has 0 radical (unpaired) electrons. The molecular formula is C10H13ClN2O4S2. The van der Waals surface area contributed by atoms with Gasteiger partial charge in [0.25, 0.3) is 5.69 Å². The number of sulfonamides is 1. The molecule has 1 N–H and O–H groups in total. The topological polar surface area (TPSA) is 89.3 Å². The number of hydrogen-bond acceptors (Lipinski definition) is 5. The van der Waals surface area contributed by atoms with Gasteiger partial charge in [-0.05, 0) is 30.6 Å². The molecule has 6 nitrogen and oxygen atoms in total. The van der Waals surface area contributed by atoms with Crippen LogP contribution in [0.3, 0.4) is 0 Å². The van der Waals surface area contributed by atoms with Crippen LogP contribution in [0.1, 0.15) is 6.42 Å². The smallest absolute Gasteiger partial charge is 0.258 e. The summed E-state index contributed by atoms with van der Waals surface area (Å²) in [6.07, 6.45) is 2.62. The maximum atomic E-state index is 11.9. The molecule has 1 rings (SSSR count). The first-order valence-corrected chi connectivity index (χ1v) is 8.56. The van der Waals surface area contributed by atoms with Crippen molar-refractivity contribution in [3.8, 4) is 0 Å². The van der Waals surface area contributed by atoms with Gasteiger partial charge in [-0.15, -0.1) is 0 Å². The summed E-state index contributed by atoms with van der Waals surface area (Å²) < 4.78 is 26.2. The zero-order valence-electron chi connectivity index (χ0n) is 10.1. The number of nitrogens with zero attached hydrogens (tertiary/aromatic N) is 1. The molecule has 0 unspecified atom stereocenters. The summed E-state index contributed by atoms with van der Waals surface area (Å²) in [5.74, 6) is 0.837. The van der Waals surface area contributed by atoms with Gasteiger partial charge in [-0.2, -0.15) is 11.8 Å². The second-order valence-corrected chi connectivity index (χ2v) is 6.77. The van der Waals surface area contributed by atoms with Crippen molar-refractivity contribution in [2.24, 2.45) is 0 Å². The molecular weight excluding hydrogens is 312 g/mol. The zero-order valence-corrected chi connectivity index (χ0v) is 12.5. The minimum absolute atomic E-state index is 0.0914. The van der Waals surface area contributed by atoms with Crippen LogP contribution in [0, 0.1) is 10.1 Å². The van der Waals surface area contributed by atoms with E-state index in [0.29, 0.717) is 13.0 Å². The lowest BCUT2D eigenvalue weighted by molar-refractivity contribution is -0.384. The molecule has 0 fully saturated rings. The monoisotopic (exact) mass is 324 g/mol. The van der Waals surface area contributed by atoms with Gasteiger partial charge in [0.15, 0.2) is 0 Å². The van der Waals surface area contributed by atoms with E-state index in [4.69, 9.17) is 11.6 Å². The van der Waals surface area contributed by atoms with E-state index in [-0.39, 0.29) is 9.92 Å². The van der Waals surface area contributed by atoms with Crippen molar-refractivity contribution >= 4 is 39.1 Å². The summed E-state index contributed by atoms with van der Waals surface area (Å²) >= 11 is 7.24. The van der Waals surface area contributed by atoms with Gasteiger partial charge in [0.2, 0.25) is 10.0 Å². The molecule has 0 aliphatic carbocycles. The first-order valence-electron chi connectivity index (χ1n) is 5.31. The molecule has 0 saturated heterocycles. The van der Waals surface area contributed by atoms with Crippen LogP contribution in [0.5, 0.6) is 0 Å². The fourth-order valence-corrected chi connectivity index (χ4v) is 3.02. The van der Waals surface area contributed by atoms with E-state index in [1.165, 1.54) is 12.1 Å². The van der Waals surface area contributed by atoms with Gasteiger partial charge in [0.1, 0.15) is 5.02 Å². The molecule has 0 saturated carbocycles. The van der Waals surface area contributed by atoms with Crippen LogP contribution < -0.4 is 4.72 Å². The molecule has 0 heterocycles. The van der Waals surface area contributed by atoms with Crippen LogP contribution in [0.15, 0.2) is 23.1 Å². The number of nitro benzene ring substituents is 1. The summed E-state index contributed by atoms with van der Waals surface area (Å²) in [6, 6.07) is 3.40. The summed E-state index contributed by atoms with van der Waals surface area (Å²) in [7, 11) is -3.74. The summed E-state index contributed by atoms with van der Waals surface area (Å²) in [4.78, 5) is 9.83. The Morgan fingerprint density at radius 3 is 2.74 bits per heavy atom. The predicted molar refractivity (Wildman–Crippen MR) is 76.3 cm³/mol. The highest BCUT2D eigenvalue weighted by molar-refractivity contribution is 7.98. The number of nitrogens with one attached hydrogen (secondary N) is 1. The van der Waals surface area contributed by atoms with Crippen LogP contribution in [0.4, 0.5) is 5.69 Å². The molecule has 106 valence electrons. The highest BCUT2D eigenvalue weighted by atomic mass is 35.5. The molecule has 0 aromatic heterocycles. The predicted octanol–water partition coefficient (Wildman–Crippen LogP) is 2.28. The van der Waals surface area contributed by atoms with Gasteiger partial charge in [-0.1, -0.05) is 11.6 Å². The fourth-order valence-electron chi connectivity index (χ4n) is 1.31. The van der Waals surface area contributed by atoms with Gasteiger partial charge in [0.05, 0.1) is 9.82 Å². The lowest BCUT2D eigenvalue weighted by Gasteiger charge is -2.06. The number of hydrogen-bond donors (Lipinski definition) is 1. The van der Waals surface area contributed by atoms with Crippen molar-refractivity contribution in [2.75, 3.05) is 18.6 Å². The summed E-state index contributed by atoms with van der Waals surface area (Å²) in [6.45, 7) is 0.291. The Kier molecular flexibility index (Phi) is 6.05. The minimum Gasteiger partial charge on any atom is -0.258 e. The van der Waals surface area contributed by atoms with Crippen molar-refractivity contribution in [3.63, 3.8) is 0 Å². The fraction of sp³-hybridized carbons (Fsp3) is 0.400. The number of rotatable bonds is 7. The van der Waals surface area contributed by atoms with E-state index in [1.807, 2.05) is 6.26 Å². The highest BCUT2D eigenvalue weighted by Crippen LogP contribution is 2.26. The second kappa shape index (κ2) is 7.09. The van der Waals surface area contributed by atoms with Crippen LogP contribution in [0.25, 0.3) is 0 Å². The van der Waals surface area contributed by atoms with Gasteiger partial charge < -0.3 is 0 Å². The highest BCUT2D eigenvalue weighted by Gasteiger charge is 2.20. The van der Waals surface area contributed by atoms with E-state index >= 15 is 0 Å². The Morgan fingerprint density at radius 1 is 1.47 bits per heavy atom. The maximum absolute atomic E-state index is 11.9. The Balaban J connectivity index is 2.89. The number of benzene rings is 1. The second-order valence-electron chi connectivity index (χ2n) is 3.61. The summed E-state index contributed by atoms with van der Waals surface area (Å²) in [5, 5.41) is 10.6. The van der Waals surface area contributed by atoms with E-state index in [2.05, 4.69) is 4.72 Å². The SMILES string of the molecule is CSCCCNS(=O)(=O)c1ccc(Cl)c([N+](=O)[O-])c1.